The summed E-state index contributed by atoms with van der Waals surface area (Å²) >= 11 is 0. The van der Waals surface area contributed by atoms with E-state index < -0.39 is 0 Å². The highest BCUT2D eigenvalue weighted by molar-refractivity contribution is 6.05. The van der Waals surface area contributed by atoms with E-state index in [2.05, 4.69) is 5.32 Å². The topological polar surface area (TPSA) is 75.4 Å². The molecule has 1 heterocycles. The minimum absolute atomic E-state index is 0.0229. The number of anilines is 2. The number of benzene rings is 2. The summed E-state index contributed by atoms with van der Waals surface area (Å²) in [6, 6.07) is 13.9. The minimum Gasteiger partial charge on any atom is -0.399 e. The van der Waals surface area contributed by atoms with Crippen molar-refractivity contribution >= 4 is 23.2 Å². The summed E-state index contributed by atoms with van der Waals surface area (Å²) in [6.07, 6.45) is 3.29. The molecule has 2 aromatic rings. The van der Waals surface area contributed by atoms with Crippen LogP contribution in [0.5, 0.6) is 0 Å². The van der Waals surface area contributed by atoms with Gasteiger partial charge in [0.05, 0.1) is 0 Å². The lowest BCUT2D eigenvalue weighted by Gasteiger charge is -2.26. The van der Waals surface area contributed by atoms with Crippen LogP contribution in [0.2, 0.25) is 0 Å². The van der Waals surface area contributed by atoms with Crippen LogP contribution in [-0.4, -0.2) is 29.8 Å². The van der Waals surface area contributed by atoms with Crippen LogP contribution in [0.3, 0.4) is 0 Å². The van der Waals surface area contributed by atoms with Gasteiger partial charge in [-0.2, -0.15) is 0 Å². The van der Waals surface area contributed by atoms with Gasteiger partial charge in [0.1, 0.15) is 0 Å². The van der Waals surface area contributed by atoms with E-state index in [1.54, 1.807) is 48.5 Å². The fourth-order valence-corrected chi connectivity index (χ4v) is 2.89. The van der Waals surface area contributed by atoms with Gasteiger partial charge in [-0.05, 0) is 55.7 Å². The van der Waals surface area contributed by atoms with Crippen LogP contribution in [0.1, 0.15) is 40.0 Å². The lowest BCUT2D eigenvalue weighted by Crippen LogP contribution is -2.35. The van der Waals surface area contributed by atoms with E-state index in [0.29, 0.717) is 22.5 Å². The van der Waals surface area contributed by atoms with E-state index in [1.165, 1.54) is 6.42 Å². The third kappa shape index (κ3) is 3.74. The Morgan fingerprint density at radius 1 is 0.917 bits per heavy atom. The molecular weight excluding hydrogens is 302 g/mol. The molecule has 0 aliphatic carbocycles. The average Bonchev–Trinajstić information content (AvgIpc) is 2.62. The van der Waals surface area contributed by atoms with Crippen molar-refractivity contribution < 1.29 is 9.59 Å². The molecule has 1 fully saturated rings. The molecule has 5 nitrogen and oxygen atoms in total. The van der Waals surface area contributed by atoms with Gasteiger partial charge in [-0.25, -0.2) is 0 Å². The van der Waals surface area contributed by atoms with Crippen molar-refractivity contribution in [2.75, 3.05) is 24.1 Å². The zero-order valence-electron chi connectivity index (χ0n) is 13.5. The summed E-state index contributed by atoms with van der Waals surface area (Å²) in [4.78, 5) is 26.7. The summed E-state index contributed by atoms with van der Waals surface area (Å²) in [6.45, 7) is 1.61. The molecule has 2 amide bonds. The highest BCUT2D eigenvalue weighted by Crippen LogP contribution is 2.17. The summed E-state index contributed by atoms with van der Waals surface area (Å²) in [5.74, 6) is -0.223. The Hall–Kier alpha value is -2.82. The van der Waals surface area contributed by atoms with Gasteiger partial charge in [0, 0.05) is 35.6 Å². The molecule has 2 aromatic carbocycles. The summed E-state index contributed by atoms with van der Waals surface area (Å²) < 4.78 is 0. The predicted octanol–water partition coefficient (Wildman–Crippen LogP) is 3.15. The maximum Gasteiger partial charge on any atom is 0.255 e. The smallest absolute Gasteiger partial charge is 0.255 e. The Kier molecular flexibility index (Phi) is 4.79. The van der Waals surface area contributed by atoms with Crippen LogP contribution in [-0.2, 0) is 0 Å². The molecule has 3 rings (SSSR count). The zero-order chi connectivity index (χ0) is 16.9. The number of carbonyl (C=O) groups excluding carboxylic acids is 2. The van der Waals surface area contributed by atoms with Gasteiger partial charge in [0.15, 0.2) is 0 Å². The zero-order valence-corrected chi connectivity index (χ0v) is 13.5. The van der Waals surface area contributed by atoms with Crippen molar-refractivity contribution in [3.63, 3.8) is 0 Å². The van der Waals surface area contributed by atoms with Crippen molar-refractivity contribution in [3.05, 3.63) is 59.7 Å². The monoisotopic (exact) mass is 323 g/mol. The third-order valence-corrected chi connectivity index (χ3v) is 4.16. The van der Waals surface area contributed by atoms with Crippen molar-refractivity contribution in [2.45, 2.75) is 19.3 Å². The molecule has 3 N–H and O–H groups in total. The lowest BCUT2D eigenvalue weighted by molar-refractivity contribution is 0.0724. The SMILES string of the molecule is Nc1cccc(C(=O)Nc2cccc(C(=O)N3CCCCC3)c2)c1. The summed E-state index contributed by atoms with van der Waals surface area (Å²) in [5.41, 5.74) is 7.93. The first-order valence-electron chi connectivity index (χ1n) is 8.20. The first-order chi connectivity index (χ1) is 11.6. The molecule has 0 atom stereocenters. The third-order valence-electron chi connectivity index (χ3n) is 4.16. The molecule has 24 heavy (non-hydrogen) atoms. The maximum atomic E-state index is 12.5. The first-order valence-corrected chi connectivity index (χ1v) is 8.20. The van der Waals surface area contributed by atoms with Gasteiger partial charge in [0.25, 0.3) is 11.8 Å². The second-order valence-corrected chi connectivity index (χ2v) is 6.01. The molecule has 1 aliphatic heterocycles. The Morgan fingerprint density at radius 2 is 1.62 bits per heavy atom. The lowest BCUT2D eigenvalue weighted by atomic mass is 10.1. The number of nitrogens with zero attached hydrogens (tertiary/aromatic N) is 1. The molecule has 0 aromatic heterocycles. The van der Waals surface area contributed by atoms with Gasteiger partial charge < -0.3 is 16.0 Å². The van der Waals surface area contributed by atoms with Gasteiger partial charge >= 0.3 is 0 Å². The fraction of sp³-hybridized carbons (Fsp3) is 0.263. The Bertz CT molecular complexity index is 752. The van der Waals surface area contributed by atoms with Crippen LogP contribution in [0, 0.1) is 0 Å². The number of amides is 2. The molecule has 0 bridgehead atoms. The summed E-state index contributed by atoms with van der Waals surface area (Å²) in [7, 11) is 0. The van der Waals surface area contributed by atoms with Crippen LogP contribution in [0.25, 0.3) is 0 Å². The Labute approximate surface area is 141 Å². The molecule has 5 heteroatoms. The number of nitrogen functional groups attached to an aromatic ring is 1. The van der Waals surface area contributed by atoms with Crippen molar-refractivity contribution in [3.8, 4) is 0 Å². The van der Waals surface area contributed by atoms with Crippen LogP contribution < -0.4 is 11.1 Å². The number of carbonyl (C=O) groups is 2. The number of piperidine rings is 1. The van der Waals surface area contributed by atoms with E-state index in [9.17, 15) is 9.59 Å². The second kappa shape index (κ2) is 7.17. The molecular formula is C19H21N3O2. The maximum absolute atomic E-state index is 12.5. The molecule has 124 valence electrons. The number of nitrogens with two attached hydrogens (primary N) is 1. The Balaban J connectivity index is 1.73. The standard InChI is InChI=1S/C19H21N3O2/c20-16-8-4-6-14(12-16)18(23)21-17-9-5-7-15(13-17)19(24)22-10-2-1-3-11-22/h4-9,12-13H,1-3,10-11,20H2,(H,21,23). The quantitative estimate of drug-likeness (QED) is 0.852. The van der Waals surface area contributed by atoms with Gasteiger partial charge in [-0.15, -0.1) is 0 Å². The number of nitrogens with one attached hydrogen (secondary N) is 1. The average molecular weight is 323 g/mol. The summed E-state index contributed by atoms with van der Waals surface area (Å²) in [5, 5.41) is 2.82. The van der Waals surface area contributed by atoms with Crippen LogP contribution >= 0.6 is 0 Å². The van der Waals surface area contributed by atoms with E-state index in [0.717, 1.165) is 25.9 Å². The Morgan fingerprint density at radius 3 is 2.38 bits per heavy atom. The largest absolute Gasteiger partial charge is 0.399 e. The van der Waals surface area contributed by atoms with Gasteiger partial charge in [0.2, 0.25) is 0 Å². The van der Waals surface area contributed by atoms with Crippen LogP contribution in [0.15, 0.2) is 48.5 Å². The number of rotatable bonds is 3. The molecule has 0 spiro atoms. The number of hydrogen-bond donors (Lipinski definition) is 2. The molecule has 0 radical (unpaired) electrons. The van der Waals surface area contributed by atoms with Crippen molar-refractivity contribution in [1.82, 2.24) is 4.90 Å². The van der Waals surface area contributed by atoms with E-state index >= 15 is 0 Å². The van der Waals surface area contributed by atoms with E-state index in [1.807, 2.05) is 4.90 Å². The molecule has 0 saturated carbocycles. The van der Waals surface area contributed by atoms with Crippen molar-refractivity contribution in [2.24, 2.45) is 0 Å². The second-order valence-electron chi connectivity index (χ2n) is 6.01. The normalized spacial score (nSPS) is 14.2. The first kappa shape index (κ1) is 16.1. The number of likely N-dealkylation sites (tertiary alicyclic amines) is 1. The molecule has 1 aliphatic rings. The molecule has 1 saturated heterocycles. The van der Waals surface area contributed by atoms with Gasteiger partial charge in [-0.1, -0.05) is 12.1 Å². The van der Waals surface area contributed by atoms with E-state index in [4.69, 9.17) is 5.73 Å². The van der Waals surface area contributed by atoms with E-state index in [-0.39, 0.29) is 11.8 Å². The van der Waals surface area contributed by atoms with Crippen molar-refractivity contribution in [1.29, 1.82) is 0 Å². The predicted molar refractivity (Wildman–Crippen MR) is 95.0 cm³/mol. The van der Waals surface area contributed by atoms with Gasteiger partial charge in [-0.3, -0.25) is 9.59 Å². The van der Waals surface area contributed by atoms with Crippen LogP contribution in [0.4, 0.5) is 11.4 Å². The highest BCUT2D eigenvalue weighted by Gasteiger charge is 2.18. The fourth-order valence-electron chi connectivity index (χ4n) is 2.89. The minimum atomic E-state index is -0.245. The number of hydrogen-bond acceptors (Lipinski definition) is 3. The highest BCUT2D eigenvalue weighted by atomic mass is 16.2. The molecule has 0 unspecified atom stereocenters.